The van der Waals surface area contributed by atoms with E-state index in [4.69, 9.17) is 10.00 Å². The second-order valence-electron chi connectivity index (χ2n) is 4.82. The zero-order valence-corrected chi connectivity index (χ0v) is 11.0. The Morgan fingerprint density at radius 2 is 2.33 bits per heavy atom. The Labute approximate surface area is 108 Å². The summed E-state index contributed by atoms with van der Waals surface area (Å²) in [6, 6.07) is 6.03. The van der Waals surface area contributed by atoms with Gasteiger partial charge in [-0.25, -0.2) is 4.98 Å². The molecule has 0 amide bonds. The lowest BCUT2D eigenvalue weighted by Gasteiger charge is -2.28. The third kappa shape index (κ3) is 2.99. The van der Waals surface area contributed by atoms with Crippen molar-refractivity contribution in [1.29, 1.82) is 5.26 Å². The number of aromatic nitrogens is 1. The van der Waals surface area contributed by atoms with Crippen LogP contribution < -0.4 is 4.90 Å². The van der Waals surface area contributed by atoms with E-state index in [0.29, 0.717) is 5.69 Å². The number of ether oxygens (including phenoxy) is 1. The minimum atomic E-state index is 0.289. The Hall–Kier alpha value is -1.60. The molecule has 0 aromatic carbocycles. The molecule has 1 aromatic rings. The molecule has 1 saturated heterocycles. The van der Waals surface area contributed by atoms with E-state index in [0.717, 1.165) is 31.0 Å². The third-order valence-corrected chi connectivity index (χ3v) is 3.33. The molecule has 1 atom stereocenters. The van der Waals surface area contributed by atoms with Crippen molar-refractivity contribution in [2.24, 2.45) is 0 Å². The van der Waals surface area contributed by atoms with E-state index >= 15 is 0 Å². The van der Waals surface area contributed by atoms with Crippen molar-refractivity contribution in [2.45, 2.75) is 32.3 Å². The fourth-order valence-corrected chi connectivity index (χ4v) is 2.19. The minimum absolute atomic E-state index is 0.289. The first kappa shape index (κ1) is 12.8. The summed E-state index contributed by atoms with van der Waals surface area (Å²) in [6.45, 7) is 3.60. The molecule has 2 heterocycles. The monoisotopic (exact) mass is 245 g/mol. The van der Waals surface area contributed by atoms with Crippen molar-refractivity contribution >= 4 is 5.82 Å². The highest BCUT2D eigenvalue weighted by Gasteiger charge is 2.17. The van der Waals surface area contributed by atoms with Crippen LogP contribution in [0.25, 0.3) is 0 Å². The smallest absolute Gasteiger partial charge is 0.145 e. The van der Waals surface area contributed by atoms with Gasteiger partial charge >= 0.3 is 0 Å². The number of rotatable bonds is 3. The summed E-state index contributed by atoms with van der Waals surface area (Å²) < 4.78 is 5.72. The molecule has 96 valence electrons. The SMILES string of the molecule is Cc1ccc(N(C)CC2CCCCO2)nc1C#N. The Bertz CT molecular complexity index is 447. The van der Waals surface area contributed by atoms with Gasteiger partial charge in [0.15, 0.2) is 0 Å². The van der Waals surface area contributed by atoms with Gasteiger partial charge in [0.2, 0.25) is 0 Å². The topological polar surface area (TPSA) is 49.1 Å². The minimum Gasteiger partial charge on any atom is -0.376 e. The predicted octanol–water partition coefficient (Wildman–Crippen LogP) is 2.27. The molecule has 18 heavy (non-hydrogen) atoms. The van der Waals surface area contributed by atoms with Gasteiger partial charge in [0, 0.05) is 20.2 Å². The van der Waals surface area contributed by atoms with Crippen molar-refractivity contribution in [3.8, 4) is 6.07 Å². The van der Waals surface area contributed by atoms with Gasteiger partial charge in [0.1, 0.15) is 17.6 Å². The summed E-state index contributed by atoms with van der Waals surface area (Å²) in [5, 5.41) is 8.99. The molecular formula is C14H19N3O. The fourth-order valence-electron chi connectivity index (χ4n) is 2.19. The van der Waals surface area contributed by atoms with Crippen molar-refractivity contribution < 1.29 is 4.74 Å². The van der Waals surface area contributed by atoms with Crippen molar-refractivity contribution in [1.82, 2.24) is 4.98 Å². The van der Waals surface area contributed by atoms with Crippen LogP contribution in [0.3, 0.4) is 0 Å². The summed E-state index contributed by atoms with van der Waals surface area (Å²) >= 11 is 0. The maximum Gasteiger partial charge on any atom is 0.145 e. The highest BCUT2D eigenvalue weighted by Crippen LogP contribution is 2.17. The van der Waals surface area contributed by atoms with Gasteiger partial charge in [-0.2, -0.15) is 5.26 Å². The predicted molar refractivity (Wildman–Crippen MR) is 70.6 cm³/mol. The molecule has 1 aliphatic rings. The first-order chi connectivity index (χ1) is 8.70. The summed E-state index contributed by atoms with van der Waals surface area (Å²) in [4.78, 5) is 6.43. The number of hydrogen-bond donors (Lipinski definition) is 0. The van der Waals surface area contributed by atoms with Crippen LogP contribution in [0.5, 0.6) is 0 Å². The van der Waals surface area contributed by atoms with Gasteiger partial charge in [-0.15, -0.1) is 0 Å². The Kier molecular flexibility index (Phi) is 4.16. The van der Waals surface area contributed by atoms with Crippen LogP contribution >= 0.6 is 0 Å². The van der Waals surface area contributed by atoms with E-state index < -0.39 is 0 Å². The number of pyridine rings is 1. The first-order valence-electron chi connectivity index (χ1n) is 6.41. The first-order valence-corrected chi connectivity index (χ1v) is 6.41. The quantitative estimate of drug-likeness (QED) is 0.819. The van der Waals surface area contributed by atoms with Crippen LogP contribution in [0.4, 0.5) is 5.82 Å². The molecule has 1 unspecified atom stereocenters. The van der Waals surface area contributed by atoms with Gasteiger partial charge in [-0.1, -0.05) is 6.07 Å². The van der Waals surface area contributed by atoms with Crippen LogP contribution in [0.1, 0.15) is 30.5 Å². The van der Waals surface area contributed by atoms with E-state index in [2.05, 4.69) is 16.0 Å². The second-order valence-corrected chi connectivity index (χ2v) is 4.82. The Morgan fingerprint density at radius 1 is 1.50 bits per heavy atom. The van der Waals surface area contributed by atoms with Gasteiger partial charge in [-0.05, 0) is 37.8 Å². The lowest BCUT2D eigenvalue weighted by Crippen LogP contribution is -2.33. The van der Waals surface area contributed by atoms with Gasteiger partial charge < -0.3 is 9.64 Å². The van der Waals surface area contributed by atoms with Crippen LogP contribution in [-0.4, -0.2) is 31.3 Å². The normalized spacial score (nSPS) is 19.3. The lowest BCUT2D eigenvalue weighted by molar-refractivity contribution is 0.0215. The van der Waals surface area contributed by atoms with Gasteiger partial charge in [-0.3, -0.25) is 0 Å². The number of hydrogen-bond acceptors (Lipinski definition) is 4. The molecule has 4 heteroatoms. The van der Waals surface area contributed by atoms with Crippen molar-refractivity contribution in [3.05, 3.63) is 23.4 Å². The number of aryl methyl sites for hydroxylation is 1. The van der Waals surface area contributed by atoms with E-state index in [9.17, 15) is 0 Å². The van der Waals surface area contributed by atoms with Crippen LogP contribution in [0.15, 0.2) is 12.1 Å². The molecule has 0 spiro atoms. The maximum atomic E-state index is 8.99. The number of likely N-dealkylation sites (N-methyl/N-ethyl adjacent to an activating group) is 1. The fraction of sp³-hybridized carbons (Fsp3) is 0.571. The van der Waals surface area contributed by atoms with Crippen LogP contribution in [-0.2, 0) is 4.74 Å². The number of nitriles is 1. The molecule has 1 aliphatic heterocycles. The summed E-state index contributed by atoms with van der Waals surface area (Å²) in [6.07, 6.45) is 3.81. The summed E-state index contributed by atoms with van der Waals surface area (Å²) in [7, 11) is 2.00. The largest absolute Gasteiger partial charge is 0.376 e. The average molecular weight is 245 g/mol. The molecule has 0 aliphatic carbocycles. The molecule has 0 radical (unpaired) electrons. The summed E-state index contributed by atoms with van der Waals surface area (Å²) in [5.74, 6) is 0.839. The number of nitrogens with zero attached hydrogens (tertiary/aromatic N) is 3. The molecule has 1 fully saturated rings. The van der Waals surface area contributed by atoms with E-state index in [1.54, 1.807) is 0 Å². The number of anilines is 1. The van der Waals surface area contributed by atoms with Crippen molar-refractivity contribution in [2.75, 3.05) is 25.1 Å². The lowest BCUT2D eigenvalue weighted by atomic mass is 10.1. The highest BCUT2D eigenvalue weighted by molar-refractivity contribution is 5.44. The molecule has 0 N–H and O–H groups in total. The second kappa shape index (κ2) is 5.83. The molecule has 0 bridgehead atoms. The Morgan fingerprint density at radius 3 is 3.00 bits per heavy atom. The molecule has 1 aromatic heterocycles. The van der Waals surface area contributed by atoms with Crippen LogP contribution in [0.2, 0.25) is 0 Å². The molecule has 2 rings (SSSR count). The van der Waals surface area contributed by atoms with E-state index in [1.807, 2.05) is 26.1 Å². The molecule has 0 saturated carbocycles. The zero-order valence-electron chi connectivity index (χ0n) is 11.0. The summed E-state index contributed by atoms with van der Waals surface area (Å²) in [5.41, 5.74) is 1.42. The van der Waals surface area contributed by atoms with Gasteiger partial charge in [0.25, 0.3) is 0 Å². The highest BCUT2D eigenvalue weighted by atomic mass is 16.5. The zero-order chi connectivity index (χ0) is 13.0. The Balaban J connectivity index is 2.04. The van der Waals surface area contributed by atoms with E-state index in [-0.39, 0.29) is 6.10 Å². The maximum absolute atomic E-state index is 8.99. The van der Waals surface area contributed by atoms with Crippen molar-refractivity contribution in [3.63, 3.8) is 0 Å². The van der Waals surface area contributed by atoms with Gasteiger partial charge in [0.05, 0.1) is 6.10 Å². The van der Waals surface area contributed by atoms with E-state index in [1.165, 1.54) is 12.8 Å². The molecule has 4 nitrogen and oxygen atoms in total. The van der Waals surface area contributed by atoms with Crippen LogP contribution in [0, 0.1) is 18.3 Å². The third-order valence-electron chi connectivity index (χ3n) is 3.33. The average Bonchev–Trinajstić information content (AvgIpc) is 2.40. The standard InChI is InChI=1S/C14H19N3O/c1-11-6-7-14(16-13(11)9-15)17(2)10-12-5-3-4-8-18-12/h6-7,12H,3-5,8,10H2,1-2H3. The molecular weight excluding hydrogens is 226 g/mol.